The molecule has 0 aliphatic heterocycles. The molecule has 0 heterocycles. The van der Waals surface area contributed by atoms with Crippen molar-refractivity contribution >= 4 is 11.8 Å². The number of hydrogen-bond donors (Lipinski definition) is 2. The molecular formula is C20H32N2O3. The van der Waals surface area contributed by atoms with Gasteiger partial charge in [0.15, 0.2) is 0 Å². The lowest BCUT2D eigenvalue weighted by Gasteiger charge is -2.33. The first-order chi connectivity index (χ1) is 11.8. The lowest BCUT2D eigenvalue weighted by atomic mass is 9.84. The maximum Gasteiger partial charge on any atom is 0.407 e. The minimum atomic E-state index is -0.469. The number of amides is 1. The number of benzene rings is 1. The van der Waals surface area contributed by atoms with Gasteiger partial charge in [-0.15, -0.1) is 0 Å². The van der Waals surface area contributed by atoms with Gasteiger partial charge >= 0.3 is 6.09 Å². The second kappa shape index (κ2) is 8.45. The molecule has 1 aliphatic rings. The maximum atomic E-state index is 11.9. The Morgan fingerprint density at radius 1 is 1.24 bits per heavy atom. The first-order valence-electron chi connectivity index (χ1n) is 9.16. The third-order valence-corrected chi connectivity index (χ3v) is 4.51. The van der Waals surface area contributed by atoms with E-state index in [1.54, 1.807) is 7.11 Å². The van der Waals surface area contributed by atoms with Crippen LogP contribution in [0.15, 0.2) is 18.2 Å². The van der Waals surface area contributed by atoms with Crippen LogP contribution in [0.5, 0.6) is 5.75 Å². The highest BCUT2D eigenvalue weighted by atomic mass is 16.6. The van der Waals surface area contributed by atoms with Crippen molar-refractivity contribution < 1.29 is 14.3 Å². The molecule has 2 N–H and O–H groups in total. The lowest BCUT2D eigenvalue weighted by Crippen LogP contribution is -2.42. The zero-order valence-electron chi connectivity index (χ0n) is 16.1. The molecule has 1 aliphatic carbocycles. The van der Waals surface area contributed by atoms with Crippen LogP contribution in [0.25, 0.3) is 0 Å². The van der Waals surface area contributed by atoms with Gasteiger partial charge in [-0.05, 0) is 64.2 Å². The van der Waals surface area contributed by atoms with Crippen LogP contribution in [0.4, 0.5) is 10.5 Å². The third kappa shape index (κ3) is 6.15. The Kier molecular flexibility index (Phi) is 6.57. The van der Waals surface area contributed by atoms with Crippen LogP contribution in [-0.4, -0.2) is 31.4 Å². The van der Waals surface area contributed by atoms with Crippen LogP contribution in [0.2, 0.25) is 0 Å². The van der Waals surface area contributed by atoms with Gasteiger partial charge in [0.05, 0.1) is 12.8 Å². The van der Waals surface area contributed by atoms with Crippen molar-refractivity contribution in [2.75, 3.05) is 19.0 Å². The van der Waals surface area contributed by atoms with Crippen LogP contribution >= 0.6 is 0 Å². The molecule has 0 aromatic heterocycles. The van der Waals surface area contributed by atoms with Gasteiger partial charge in [-0.1, -0.05) is 18.9 Å². The third-order valence-electron chi connectivity index (χ3n) is 4.51. The Morgan fingerprint density at radius 2 is 1.96 bits per heavy atom. The zero-order chi connectivity index (χ0) is 18.4. The lowest BCUT2D eigenvalue weighted by molar-refractivity contribution is 0.0514. The molecular weight excluding hydrogens is 316 g/mol. The summed E-state index contributed by atoms with van der Waals surface area (Å²) in [5.74, 6) is 1.24. The monoisotopic (exact) mass is 348 g/mol. The largest absolute Gasteiger partial charge is 0.495 e. The number of ether oxygens (including phenoxy) is 2. The highest BCUT2D eigenvalue weighted by molar-refractivity contribution is 5.67. The molecule has 1 aromatic rings. The molecule has 0 saturated heterocycles. The number of carbonyl (C=O) groups is 1. The summed E-state index contributed by atoms with van der Waals surface area (Å²) in [7, 11) is 1.69. The molecule has 0 bridgehead atoms. The number of rotatable bonds is 5. The second-order valence-corrected chi connectivity index (χ2v) is 7.88. The van der Waals surface area contributed by atoms with Crippen LogP contribution < -0.4 is 15.4 Å². The van der Waals surface area contributed by atoms with Crippen LogP contribution in [-0.2, 0) is 4.74 Å². The van der Waals surface area contributed by atoms with E-state index in [2.05, 4.69) is 23.6 Å². The molecule has 5 heteroatoms. The van der Waals surface area contributed by atoms with E-state index < -0.39 is 5.60 Å². The number of anilines is 1. The number of carbonyl (C=O) groups excluding carboxylic acids is 1. The number of alkyl carbamates (subject to hydrolysis) is 1. The minimum Gasteiger partial charge on any atom is -0.495 e. The summed E-state index contributed by atoms with van der Waals surface area (Å²) >= 11 is 0. The van der Waals surface area contributed by atoms with E-state index in [1.807, 2.05) is 32.9 Å². The topological polar surface area (TPSA) is 59.6 Å². The normalized spacial score (nSPS) is 20.7. The number of hydrogen-bond acceptors (Lipinski definition) is 4. The molecule has 1 fully saturated rings. The van der Waals surface area contributed by atoms with Gasteiger partial charge in [-0.2, -0.15) is 0 Å². The van der Waals surface area contributed by atoms with E-state index in [0.29, 0.717) is 18.5 Å². The van der Waals surface area contributed by atoms with Crippen molar-refractivity contribution in [3.63, 3.8) is 0 Å². The van der Waals surface area contributed by atoms with Gasteiger partial charge in [0, 0.05) is 12.6 Å². The summed E-state index contributed by atoms with van der Waals surface area (Å²) in [6.07, 6.45) is 4.25. The molecule has 2 atom stereocenters. The van der Waals surface area contributed by atoms with Gasteiger partial charge in [0.2, 0.25) is 0 Å². The van der Waals surface area contributed by atoms with Crippen molar-refractivity contribution in [3.05, 3.63) is 23.8 Å². The summed E-state index contributed by atoms with van der Waals surface area (Å²) < 4.78 is 10.8. The smallest absolute Gasteiger partial charge is 0.407 e. The predicted molar refractivity (Wildman–Crippen MR) is 101 cm³/mol. The average Bonchev–Trinajstić information content (AvgIpc) is 2.53. The molecule has 1 amide bonds. The standard InChI is InChI=1S/C20H32N2O3/c1-14-10-11-18(24-5)17(12-14)22-16-9-7-6-8-15(16)13-21-19(23)25-20(2,3)4/h10-12,15-16,22H,6-9,13H2,1-5H3,(H,21,23). The summed E-state index contributed by atoms with van der Waals surface area (Å²) in [4.78, 5) is 11.9. The predicted octanol–water partition coefficient (Wildman–Crippen LogP) is 4.50. The fourth-order valence-electron chi connectivity index (χ4n) is 3.30. The van der Waals surface area contributed by atoms with Gasteiger partial charge in [0.25, 0.3) is 0 Å². The highest BCUT2D eigenvalue weighted by Gasteiger charge is 2.27. The van der Waals surface area contributed by atoms with Crippen molar-refractivity contribution in [1.82, 2.24) is 5.32 Å². The van der Waals surface area contributed by atoms with E-state index in [9.17, 15) is 4.79 Å². The Bertz CT molecular complexity index is 581. The number of nitrogens with one attached hydrogen (secondary N) is 2. The first kappa shape index (κ1) is 19.4. The van der Waals surface area contributed by atoms with E-state index in [1.165, 1.54) is 18.4 Å². The van der Waals surface area contributed by atoms with Crippen LogP contribution in [0.3, 0.4) is 0 Å². The van der Waals surface area contributed by atoms with Crippen molar-refractivity contribution in [3.8, 4) is 5.75 Å². The van der Waals surface area contributed by atoms with Gasteiger partial charge in [-0.25, -0.2) is 4.79 Å². The minimum absolute atomic E-state index is 0.319. The summed E-state index contributed by atoms with van der Waals surface area (Å²) in [5, 5.41) is 6.58. The Hall–Kier alpha value is -1.91. The fraction of sp³-hybridized carbons (Fsp3) is 0.650. The first-order valence-corrected chi connectivity index (χ1v) is 9.16. The molecule has 1 saturated carbocycles. The summed E-state index contributed by atoms with van der Waals surface area (Å²) in [6, 6.07) is 6.48. The van der Waals surface area contributed by atoms with E-state index in [4.69, 9.17) is 9.47 Å². The fourth-order valence-corrected chi connectivity index (χ4v) is 3.30. The molecule has 0 spiro atoms. The molecule has 1 aromatic carbocycles. The van der Waals surface area contributed by atoms with Gasteiger partial charge in [0.1, 0.15) is 11.4 Å². The maximum absolute atomic E-state index is 11.9. The Morgan fingerprint density at radius 3 is 2.64 bits per heavy atom. The molecule has 25 heavy (non-hydrogen) atoms. The number of aryl methyl sites for hydroxylation is 1. The molecule has 5 nitrogen and oxygen atoms in total. The number of methoxy groups -OCH3 is 1. The van der Waals surface area contributed by atoms with E-state index >= 15 is 0 Å². The van der Waals surface area contributed by atoms with E-state index in [-0.39, 0.29) is 6.09 Å². The zero-order valence-corrected chi connectivity index (χ0v) is 16.1. The van der Waals surface area contributed by atoms with E-state index in [0.717, 1.165) is 24.3 Å². The summed E-state index contributed by atoms with van der Waals surface area (Å²) in [5.41, 5.74) is 1.75. The Labute approximate surface area is 151 Å². The van der Waals surface area contributed by atoms with Crippen molar-refractivity contribution in [2.24, 2.45) is 5.92 Å². The SMILES string of the molecule is COc1ccc(C)cc1NC1CCCCC1CNC(=O)OC(C)(C)C. The molecule has 0 radical (unpaired) electrons. The van der Waals surface area contributed by atoms with Crippen molar-refractivity contribution in [2.45, 2.75) is 65.0 Å². The quantitative estimate of drug-likeness (QED) is 0.822. The van der Waals surface area contributed by atoms with Crippen LogP contribution in [0.1, 0.15) is 52.0 Å². The van der Waals surface area contributed by atoms with Crippen molar-refractivity contribution in [1.29, 1.82) is 0 Å². The van der Waals surface area contributed by atoms with Gasteiger partial charge in [-0.3, -0.25) is 0 Å². The summed E-state index contributed by atoms with van der Waals surface area (Å²) in [6.45, 7) is 8.33. The second-order valence-electron chi connectivity index (χ2n) is 7.88. The molecule has 2 rings (SSSR count). The van der Waals surface area contributed by atoms with Gasteiger partial charge < -0.3 is 20.1 Å². The average molecular weight is 348 g/mol. The highest BCUT2D eigenvalue weighted by Crippen LogP contribution is 2.31. The molecule has 140 valence electrons. The van der Waals surface area contributed by atoms with Crippen LogP contribution in [0, 0.1) is 12.8 Å². The Balaban J connectivity index is 1.99. The molecule has 2 unspecified atom stereocenters.